The van der Waals surface area contributed by atoms with E-state index in [1.54, 1.807) is 0 Å². The van der Waals surface area contributed by atoms with Gasteiger partial charge in [0.25, 0.3) is 0 Å². The third-order valence-electron chi connectivity index (χ3n) is 5.51. The molecule has 0 radical (unpaired) electrons. The fraction of sp³-hybridized carbons (Fsp3) is 0.0385. The Labute approximate surface area is 152 Å². The Morgan fingerprint density at radius 3 is 2.58 bits per heavy atom. The number of fused-ring (bicyclic) bond motifs is 6. The van der Waals surface area contributed by atoms with Gasteiger partial charge in [-0.1, -0.05) is 66.5 Å². The summed E-state index contributed by atoms with van der Waals surface area (Å²) in [6.07, 6.45) is 9.07. The fourth-order valence-corrected chi connectivity index (χ4v) is 4.39. The van der Waals surface area contributed by atoms with Crippen LogP contribution >= 0.6 is 0 Å². The molecule has 0 heterocycles. The van der Waals surface area contributed by atoms with Crippen molar-refractivity contribution in [3.05, 3.63) is 95.3 Å². The molecule has 3 aromatic rings. The van der Waals surface area contributed by atoms with Crippen LogP contribution in [-0.4, -0.2) is 0 Å². The van der Waals surface area contributed by atoms with Gasteiger partial charge in [-0.05, 0) is 68.0 Å². The fourth-order valence-electron chi connectivity index (χ4n) is 4.39. The number of hydrogen-bond donors (Lipinski definition) is 0. The third kappa shape index (κ3) is 1.71. The zero-order valence-corrected chi connectivity index (χ0v) is 14.1. The lowest BCUT2D eigenvalue weighted by atomic mass is 9.89. The minimum atomic E-state index is 0.777. The van der Waals surface area contributed by atoms with Crippen molar-refractivity contribution in [2.24, 2.45) is 0 Å². The van der Waals surface area contributed by atoms with Crippen LogP contribution in [0.4, 0.5) is 0 Å². The van der Waals surface area contributed by atoms with Crippen molar-refractivity contribution in [2.45, 2.75) is 6.42 Å². The molecule has 0 amide bonds. The molecule has 0 heteroatoms. The minimum absolute atomic E-state index is 0.777. The molecule has 3 aromatic carbocycles. The number of allylic oxidation sites excluding steroid dienone is 5. The predicted octanol–water partition coefficient (Wildman–Crippen LogP) is 6.28. The molecule has 0 fully saturated rings. The number of benzene rings is 3. The highest BCUT2D eigenvalue weighted by molar-refractivity contribution is 6.18. The van der Waals surface area contributed by atoms with Crippen molar-refractivity contribution < 1.29 is 0 Å². The lowest BCUT2D eigenvalue weighted by Gasteiger charge is -2.13. The molecule has 0 spiro atoms. The van der Waals surface area contributed by atoms with E-state index in [1.807, 2.05) is 6.08 Å². The van der Waals surface area contributed by atoms with E-state index < -0.39 is 0 Å². The molecule has 118 valence electrons. The largest absolute Gasteiger partial charge is 0.120 e. The van der Waals surface area contributed by atoms with Crippen molar-refractivity contribution in [3.8, 4) is 34.1 Å². The lowest BCUT2D eigenvalue weighted by Crippen LogP contribution is -1.93. The van der Waals surface area contributed by atoms with Crippen LogP contribution in [0.2, 0.25) is 0 Å². The standard InChI is InChI=1S/C26H14/c1-2-8-17-9-6-13-21-23-15-7-14-22-19-11-4-5-12-20(19)25(26(22)23)16-24(21)18(17)10-3-1/h1-2,4-5,7-8,10-12,14-16H,9H2. The van der Waals surface area contributed by atoms with Crippen molar-refractivity contribution in [1.29, 1.82) is 0 Å². The highest BCUT2D eigenvalue weighted by Gasteiger charge is 2.25. The molecule has 0 saturated carbocycles. The molecular weight excluding hydrogens is 312 g/mol. The SMILES string of the molecule is C1=CC=CC2=C(C=1)c1cc3c4c(cccc4c1C#CC2)-c1ccccc1-3. The normalized spacial score (nSPS) is 15.1. The van der Waals surface area contributed by atoms with Gasteiger partial charge in [0.15, 0.2) is 0 Å². The zero-order valence-electron chi connectivity index (χ0n) is 14.1. The summed E-state index contributed by atoms with van der Waals surface area (Å²) in [5.74, 6) is 6.85. The van der Waals surface area contributed by atoms with Crippen LogP contribution in [0, 0.1) is 11.8 Å². The van der Waals surface area contributed by atoms with Crippen molar-refractivity contribution in [1.82, 2.24) is 0 Å². The topological polar surface area (TPSA) is 0 Å². The molecule has 3 aliphatic rings. The Bertz CT molecular complexity index is 1320. The summed E-state index contributed by atoms with van der Waals surface area (Å²) in [7, 11) is 0. The summed E-state index contributed by atoms with van der Waals surface area (Å²) in [5.41, 5.74) is 13.5. The second-order valence-corrected chi connectivity index (χ2v) is 6.87. The van der Waals surface area contributed by atoms with Gasteiger partial charge in [-0.25, -0.2) is 0 Å². The van der Waals surface area contributed by atoms with Crippen LogP contribution in [0.25, 0.3) is 38.6 Å². The summed E-state index contributed by atoms with van der Waals surface area (Å²) in [5, 5.41) is 2.60. The van der Waals surface area contributed by atoms with Gasteiger partial charge in [0.05, 0.1) is 0 Å². The molecule has 0 unspecified atom stereocenters. The molecule has 0 atom stereocenters. The number of rotatable bonds is 0. The van der Waals surface area contributed by atoms with E-state index in [2.05, 4.69) is 84.3 Å². The summed E-state index contributed by atoms with van der Waals surface area (Å²) >= 11 is 0. The van der Waals surface area contributed by atoms with Gasteiger partial charge in [0.1, 0.15) is 0 Å². The summed E-state index contributed by atoms with van der Waals surface area (Å²) in [6, 6.07) is 17.7. The second kappa shape index (κ2) is 4.99. The van der Waals surface area contributed by atoms with E-state index in [0.29, 0.717) is 0 Å². The van der Waals surface area contributed by atoms with Gasteiger partial charge in [-0.15, -0.1) is 5.73 Å². The first kappa shape index (κ1) is 13.7. The quantitative estimate of drug-likeness (QED) is 0.264. The Kier molecular flexibility index (Phi) is 2.64. The van der Waals surface area contributed by atoms with E-state index in [4.69, 9.17) is 0 Å². The average molecular weight is 326 g/mol. The Morgan fingerprint density at radius 1 is 0.808 bits per heavy atom. The summed E-state index contributed by atoms with van der Waals surface area (Å²) in [4.78, 5) is 0. The van der Waals surface area contributed by atoms with Crippen LogP contribution in [0.3, 0.4) is 0 Å². The minimum Gasteiger partial charge on any atom is -0.120 e. The Morgan fingerprint density at radius 2 is 1.65 bits per heavy atom. The van der Waals surface area contributed by atoms with E-state index in [1.165, 1.54) is 49.7 Å². The summed E-state index contributed by atoms with van der Waals surface area (Å²) in [6.45, 7) is 0. The maximum atomic E-state index is 3.47. The second-order valence-electron chi connectivity index (χ2n) is 6.87. The first-order valence-corrected chi connectivity index (χ1v) is 8.93. The molecule has 26 heavy (non-hydrogen) atoms. The zero-order chi connectivity index (χ0) is 17.1. The molecule has 0 N–H and O–H groups in total. The van der Waals surface area contributed by atoms with Crippen molar-refractivity contribution in [3.63, 3.8) is 0 Å². The third-order valence-corrected chi connectivity index (χ3v) is 5.51. The molecule has 0 aromatic heterocycles. The van der Waals surface area contributed by atoms with E-state index >= 15 is 0 Å². The first-order chi connectivity index (χ1) is 12.9. The monoisotopic (exact) mass is 326 g/mol. The highest BCUT2D eigenvalue weighted by atomic mass is 14.3. The maximum Gasteiger partial charge on any atom is 0.0403 e. The molecule has 3 aliphatic carbocycles. The van der Waals surface area contributed by atoms with E-state index in [9.17, 15) is 0 Å². The van der Waals surface area contributed by atoms with Gasteiger partial charge >= 0.3 is 0 Å². The smallest absolute Gasteiger partial charge is 0.0403 e. The maximum absolute atomic E-state index is 3.47. The highest BCUT2D eigenvalue weighted by Crippen LogP contribution is 2.49. The van der Waals surface area contributed by atoms with Gasteiger partial charge in [-0.2, -0.15) is 0 Å². The van der Waals surface area contributed by atoms with Crippen molar-refractivity contribution in [2.75, 3.05) is 0 Å². The first-order valence-electron chi connectivity index (χ1n) is 8.93. The van der Waals surface area contributed by atoms with Crippen LogP contribution in [-0.2, 0) is 0 Å². The van der Waals surface area contributed by atoms with Crippen LogP contribution in [0.1, 0.15) is 17.5 Å². The molecule has 0 aliphatic heterocycles. The summed E-state index contributed by atoms with van der Waals surface area (Å²) < 4.78 is 0. The van der Waals surface area contributed by atoms with E-state index in [0.717, 1.165) is 12.0 Å². The van der Waals surface area contributed by atoms with Gasteiger partial charge < -0.3 is 0 Å². The van der Waals surface area contributed by atoms with Gasteiger partial charge in [0, 0.05) is 12.0 Å². The van der Waals surface area contributed by atoms with Crippen LogP contribution in [0.15, 0.2) is 84.1 Å². The Balaban J connectivity index is 1.81. The Hall–Kier alpha value is -3.52. The van der Waals surface area contributed by atoms with Gasteiger partial charge in [0.2, 0.25) is 0 Å². The molecule has 0 nitrogen and oxygen atoms in total. The lowest BCUT2D eigenvalue weighted by molar-refractivity contribution is 1.35. The van der Waals surface area contributed by atoms with E-state index in [-0.39, 0.29) is 0 Å². The average Bonchev–Trinajstić information content (AvgIpc) is 2.83. The predicted molar refractivity (Wildman–Crippen MR) is 109 cm³/mol. The van der Waals surface area contributed by atoms with Crippen LogP contribution < -0.4 is 0 Å². The molecule has 0 saturated heterocycles. The molecule has 6 rings (SSSR count). The van der Waals surface area contributed by atoms with Crippen molar-refractivity contribution >= 4 is 16.3 Å². The molecule has 0 bridgehead atoms. The van der Waals surface area contributed by atoms with Gasteiger partial charge in [-0.3, -0.25) is 0 Å². The van der Waals surface area contributed by atoms with Crippen LogP contribution in [0.5, 0.6) is 0 Å². The number of hydrogen-bond acceptors (Lipinski definition) is 0. The molecular formula is C26H14.